The molecule has 0 aliphatic heterocycles. The van der Waals surface area contributed by atoms with Crippen LogP contribution in [0.5, 0.6) is 0 Å². The van der Waals surface area contributed by atoms with Crippen LogP contribution in [0.1, 0.15) is 52.9 Å². The van der Waals surface area contributed by atoms with Gasteiger partial charge in [-0.2, -0.15) is 0 Å². The second-order valence-corrected chi connectivity index (χ2v) is 5.05. The minimum absolute atomic E-state index is 0.870. The molecule has 3 N–H and O–H groups in total. The van der Waals surface area contributed by atoms with Crippen molar-refractivity contribution in [1.82, 2.24) is 16.0 Å². The first kappa shape index (κ1) is 17.9. The fourth-order valence-electron chi connectivity index (χ4n) is 2.02. The zero-order valence-corrected chi connectivity index (χ0v) is 12.9. The van der Waals surface area contributed by atoms with Gasteiger partial charge in [0.05, 0.1) is 0 Å². The SMILES string of the molecule is CCNCCCNCCCCNCC(CC)CC. The van der Waals surface area contributed by atoms with E-state index in [1.165, 1.54) is 51.7 Å². The molecule has 0 heterocycles. The van der Waals surface area contributed by atoms with Crippen LogP contribution in [0.15, 0.2) is 0 Å². The van der Waals surface area contributed by atoms with Crippen LogP contribution in [-0.4, -0.2) is 39.3 Å². The first-order chi connectivity index (χ1) is 8.85. The van der Waals surface area contributed by atoms with Gasteiger partial charge in [-0.1, -0.05) is 33.6 Å². The van der Waals surface area contributed by atoms with Crippen LogP contribution in [0.3, 0.4) is 0 Å². The van der Waals surface area contributed by atoms with E-state index in [4.69, 9.17) is 0 Å². The minimum Gasteiger partial charge on any atom is -0.317 e. The minimum atomic E-state index is 0.870. The van der Waals surface area contributed by atoms with E-state index in [2.05, 4.69) is 36.7 Å². The van der Waals surface area contributed by atoms with Crippen molar-refractivity contribution in [3.05, 3.63) is 0 Å². The number of nitrogens with one attached hydrogen (secondary N) is 3. The molecule has 0 radical (unpaired) electrons. The van der Waals surface area contributed by atoms with Gasteiger partial charge in [-0.05, 0) is 64.4 Å². The molecule has 0 unspecified atom stereocenters. The summed E-state index contributed by atoms with van der Waals surface area (Å²) in [5.41, 5.74) is 0. The molecule has 0 aromatic rings. The highest BCUT2D eigenvalue weighted by molar-refractivity contribution is 4.59. The van der Waals surface area contributed by atoms with E-state index in [1.807, 2.05) is 0 Å². The van der Waals surface area contributed by atoms with Gasteiger partial charge in [0, 0.05) is 0 Å². The van der Waals surface area contributed by atoms with Crippen molar-refractivity contribution < 1.29 is 0 Å². The van der Waals surface area contributed by atoms with Crippen molar-refractivity contribution in [1.29, 1.82) is 0 Å². The van der Waals surface area contributed by atoms with Crippen LogP contribution < -0.4 is 16.0 Å². The summed E-state index contributed by atoms with van der Waals surface area (Å²) in [5, 5.41) is 10.4. The second-order valence-electron chi connectivity index (χ2n) is 5.05. The van der Waals surface area contributed by atoms with Gasteiger partial charge < -0.3 is 16.0 Å². The van der Waals surface area contributed by atoms with Crippen molar-refractivity contribution in [2.24, 2.45) is 5.92 Å². The highest BCUT2D eigenvalue weighted by atomic mass is 14.9. The average molecular weight is 257 g/mol. The Balaban J connectivity index is 3.03. The average Bonchev–Trinajstić information content (AvgIpc) is 2.40. The van der Waals surface area contributed by atoms with Gasteiger partial charge in [0.15, 0.2) is 0 Å². The van der Waals surface area contributed by atoms with Crippen molar-refractivity contribution in [3.63, 3.8) is 0 Å². The summed E-state index contributed by atoms with van der Waals surface area (Å²) < 4.78 is 0. The van der Waals surface area contributed by atoms with Crippen molar-refractivity contribution >= 4 is 0 Å². The van der Waals surface area contributed by atoms with Gasteiger partial charge in [0.2, 0.25) is 0 Å². The van der Waals surface area contributed by atoms with E-state index >= 15 is 0 Å². The predicted molar refractivity (Wildman–Crippen MR) is 82.2 cm³/mol. The Morgan fingerprint density at radius 2 is 1.22 bits per heavy atom. The lowest BCUT2D eigenvalue weighted by molar-refractivity contribution is 0.444. The molecule has 3 heteroatoms. The molecular formula is C15H35N3. The first-order valence-corrected chi connectivity index (χ1v) is 7.97. The van der Waals surface area contributed by atoms with Crippen LogP contribution in [-0.2, 0) is 0 Å². The Morgan fingerprint density at radius 1 is 0.667 bits per heavy atom. The summed E-state index contributed by atoms with van der Waals surface area (Å²) in [6.45, 7) is 13.6. The molecule has 110 valence electrons. The molecule has 0 fully saturated rings. The number of unbranched alkanes of at least 4 members (excludes halogenated alkanes) is 1. The molecule has 0 aromatic carbocycles. The smallest absolute Gasteiger partial charge is 0.00207 e. The van der Waals surface area contributed by atoms with Gasteiger partial charge in [0.25, 0.3) is 0 Å². The Bertz CT molecular complexity index is 147. The first-order valence-electron chi connectivity index (χ1n) is 7.97. The van der Waals surface area contributed by atoms with E-state index in [-0.39, 0.29) is 0 Å². The maximum absolute atomic E-state index is 3.57. The lowest BCUT2D eigenvalue weighted by Gasteiger charge is -2.13. The Labute approximate surface area is 114 Å². The van der Waals surface area contributed by atoms with E-state index < -0.39 is 0 Å². The summed E-state index contributed by atoms with van der Waals surface area (Å²) in [7, 11) is 0. The monoisotopic (exact) mass is 257 g/mol. The van der Waals surface area contributed by atoms with Crippen LogP contribution in [0, 0.1) is 5.92 Å². The molecule has 0 saturated heterocycles. The molecular weight excluding hydrogens is 222 g/mol. The molecule has 18 heavy (non-hydrogen) atoms. The van der Waals surface area contributed by atoms with E-state index in [9.17, 15) is 0 Å². The molecule has 0 spiro atoms. The summed E-state index contributed by atoms with van der Waals surface area (Å²) in [4.78, 5) is 0. The van der Waals surface area contributed by atoms with E-state index in [0.29, 0.717) is 0 Å². The summed E-state index contributed by atoms with van der Waals surface area (Å²) in [5.74, 6) is 0.870. The van der Waals surface area contributed by atoms with Crippen molar-refractivity contribution in [2.45, 2.75) is 52.9 Å². The quantitative estimate of drug-likeness (QED) is 0.418. The fraction of sp³-hybridized carbons (Fsp3) is 1.00. The molecule has 0 saturated carbocycles. The van der Waals surface area contributed by atoms with Gasteiger partial charge in [-0.25, -0.2) is 0 Å². The number of hydrogen-bond donors (Lipinski definition) is 3. The third kappa shape index (κ3) is 12.3. The molecule has 3 nitrogen and oxygen atoms in total. The third-order valence-corrected chi connectivity index (χ3v) is 3.50. The highest BCUT2D eigenvalue weighted by Crippen LogP contribution is 2.04. The summed E-state index contributed by atoms with van der Waals surface area (Å²) in [6.07, 6.45) is 6.42. The van der Waals surface area contributed by atoms with Gasteiger partial charge in [0.1, 0.15) is 0 Å². The highest BCUT2D eigenvalue weighted by Gasteiger charge is 2.01. The number of hydrogen-bond acceptors (Lipinski definition) is 3. The Kier molecular flexibility index (Phi) is 14.8. The molecule has 0 amide bonds. The van der Waals surface area contributed by atoms with E-state index in [1.54, 1.807) is 0 Å². The van der Waals surface area contributed by atoms with Crippen LogP contribution in [0.4, 0.5) is 0 Å². The number of rotatable bonds is 14. The van der Waals surface area contributed by atoms with Gasteiger partial charge in [-0.15, -0.1) is 0 Å². The predicted octanol–water partition coefficient (Wildman–Crippen LogP) is 2.38. The van der Waals surface area contributed by atoms with Crippen LogP contribution in [0.2, 0.25) is 0 Å². The Morgan fingerprint density at radius 3 is 1.83 bits per heavy atom. The maximum atomic E-state index is 3.57. The normalized spacial score (nSPS) is 11.3. The third-order valence-electron chi connectivity index (χ3n) is 3.50. The van der Waals surface area contributed by atoms with Crippen LogP contribution in [0.25, 0.3) is 0 Å². The zero-order valence-electron chi connectivity index (χ0n) is 12.9. The second kappa shape index (κ2) is 14.9. The Hall–Kier alpha value is -0.120. The van der Waals surface area contributed by atoms with Crippen molar-refractivity contribution in [3.8, 4) is 0 Å². The van der Waals surface area contributed by atoms with Gasteiger partial charge >= 0.3 is 0 Å². The maximum Gasteiger partial charge on any atom is -0.00207 e. The molecule has 0 bridgehead atoms. The van der Waals surface area contributed by atoms with Crippen LogP contribution >= 0.6 is 0 Å². The molecule has 0 atom stereocenters. The summed E-state index contributed by atoms with van der Waals surface area (Å²) in [6, 6.07) is 0. The zero-order chi connectivity index (χ0) is 13.5. The van der Waals surface area contributed by atoms with Crippen molar-refractivity contribution in [2.75, 3.05) is 39.3 Å². The largest absolute Gasteiger partial charge is 0.317 e. The standard InChI is InChI=1S/C15H35N3/c1-4-15(5-2)14-18-11-8-7-10-17-13-9-12-16-6-3/h15-18H,4-14H2,1-3H3. The fourth-order valence-corrected chi connectivity index (χ4v) is 2.02. The lowest BCUT2D eigenvalue weighted by atomic mass is 10.0. The molecule has 0 rings (SSSR count). The van der Waals surface area contributed by atoms with E-state index in [0.717, 1.165) is 25.6 Å². The topological polar surface area (TPSA) is 36.1 Å². The lowest BCUT2D eigenvalue weighted by Crippen LogP contribution is -2.25. The molecule has 0 aromatic heterocycles. The van der Waals surface area contributed by atoms with Gasteiger partial charge in [-0.3, -0.25) is 0 Å². The summed E-state index contributed by atoms with van der Waals surface area (Å²) >= 11 is 0. The molecule has 0 aliphatic carbocycles. The molecule has 0 aliphatic rings.